The van der Waals surface area contributed by atoms with Gasteiger partial charge in [-0.15, -0.1) is 0 Å². The minimum atomic E-state index is -0.396. The number of anilines is 1. The van der Waals surface area contributed by atoms with E-state index < -0.39 is 5.91 Å². The molecule has 2 rings (SSSR count). The molecule has 5 heteroatoms. The van der Waals surface area contributed by atoms with E-state index in [0.29, 0.717) is 23.6 Å². The summed E-state index contributed by atoms with van der Waals surface area (Å²) in [5, 5.41) is 8.41. The average Bonchev–Trinajstić information content (AvgIpc) is 2.48. The van der Waals surface area contributed by atoms with E-state index in [-0.39, 0.29) is 6.42 Å². The zero-order chi connectivity index (χ0) is 14.4. The van der Waals surface area contributed by atoms with Gasteiger partial charge >= 0.3 is 0 Å². The summed E-state index contributed by atoms with van der Waals surface area (Å²) in [4.78, 5) is 10.9. The molecule has 20 heavy (non-hydrogen) atoms. The second-order valence-corrected chi connectivity index (χ2v) is 4.35. The molecule has 0 aliphatic rings. The lowest BCUT2D eigenvalue weighted by molar-refractivity contribution is -0.129. The van der Waals surface area contributed by atoms with E-state index in [4.69, 9.17) is 15.7 Å². The summed E-state index contributed by atoms with van der Waals surface area (Å²) in [5.74, 6) is 1.03. The van der Waals surface area contributed by atoms with E-state index in [1.165, 1.54) is 0 Å². The number of hydrogen-bond donors (Lipinski definition) is 3. The molecule has 0 radical (unpaired) electrons. The fourth-order valence-corrected chi connectivity index (χ4v) is 1.71. The third kappa shape index (κ3) is 4.00. The van der Waals surface area contributed by atoms with Crippen molar-refractivity contribution in [2.24, 2.45) is 0 Å². The minimum Gasteiger partial charge on any atom is -0.457 e. The number of nitrogen functional groups attached to an aromatic ring is 1. The monoisotopic (exact) mass is 272 g/mol. The Balaban J connectivity index is 1.94. The van der Waals surface area contributed by atoms with Crippen molar-refractivity contribution in [2.75, 3.05) is 5.73 Å². The molecule has 0 atom stereocenters. The van der Waals surface area contributed by atoms with Gasteiger partial charge in [0.2, 0.25) is 5.91 Å². The number of ether oxygens (including phenoxy) is 1. The molecule has 0 aromatic heterocycles. The quantitative estimate of drug-likeness (QED) is 0.443. The number of carbonyl (C=O) groups excluding carboxylic acids is 1. The lowest BCUT2D eigenvalue weighted by atomic mass is 10.1. The normalized spacial score (nSPS) is 10.1. The Labute approximate surface area is 116 Å². The number of hydrogen-bond acceptors (Lipinski definition) is 4. The number of nitrogens with one attached hydrogen (secondary N) is 1. The van der Waals surface area contributed by atoms with Gasteiger partial charge in [-0.2, -0.15) is 0 Å². The highest BCUT2D eigenvalue weighted by molar-refractivity contribution is 5.74. The summed E-state index contributed by atoms with van der Waals surface area (Å²) in [6.45, 7) is 0. The van der Waals surface area contributed by atoms with Gasteiger partial charge in [0.05, 0.1) is 0 Å². The molecule has 0 heterocycles. The fourth-order valence-electron chi connectivity index (χ4n) is 1.71. The number of carbonyl (C=O) groups is 1. The molecular formula is C15H16N2O3. The molecule has 0 saturated carbocycles. The first-order valence-corrected chi connectivity index (χ1v) is 6.22. The average molecular weight is 272 g/mol. The molecule has 0 bridgehead atoms. The smallest absolute Gasteiger partial charge is 0.243 e. The van der Waals surface area contributed by atoms with Gasteiger partial charge in [-0.3, -0.25) is 10.0 Å². The second kappa shape index (κ2) is 6.58. The molecule has 5 nitrogen and oxygen atoms in total. The zero-order valence-electron chi connectivity index (χ0n) is 10.9. The molecule has 4 N–H and O–H groups in total. The first-order chi connectivity index (χ1) is 9.67. The Morgan fingerprint density at radius 2 is 1.60 bits per heavy atom. The molecule has 0 spiro atoms. The molecule has 104 valence electrons. The van der Waals surface area contributed by atoms with Gasteiger partial charge in [0, 0.05) is 12.1 Å². The zero-order valence-corrected chi connectivity index (χ0v) is 10.9. The van der Waals surface area contributed by atoms with Gasteiger partial charge in [0.25, 0.3) is 0 Å². The third-order valence-corrected chi connectivity index (χ3v) is 2.80. The SMILES string of the molecule is Nc1ccc(Oc2ccc(CCC(=O)NO)cc2)cc1. The molecule has 2 aromatic carbocycles. The number of nitrogens with two attached hydrogens (primary N) is 1. The van der Waals surface area contributed by atoms with Crippen LogP contribution in [-0.2, 0) is 11.2 Å². The highest BCUT2D eigenvalue weighted by Crippen LogP contribution is 2.22. The van der Waals surface area contributed by atoms with Crippen LogP contribution in [0.15, 0.2) is 48.5 Å². The Kier molecular flexibility index (Phi) is 4.57. The molecule has 1 amide bonds. The van der Waals surface area contributed by atoms with Gasteiger partial charge in [0.15, 0.2) is 0 Å². The maximum absolute atomic E-state index is 10.9. The largest absolute Gasteiger partial charge is 0.457 e. The predicted octanol–water partition coefficient (Wildman–Crippen LogP) is 2.50. The van der Waals surface area contributed by atoms with Crippen LogP contribution < -0.4 is 16.0 Å². The van der Waals surface area contributed by atoms with Crippen LogP contribution in [0.2, 0.25) is 0 Å². The third-order valence-electron chi connectivity index (χ3n) is 2.80. The van der Waals surface area contributed by atoms with Crippen molar-refractivity contribution in [1.82, 2.24) is 5.48 Å². The number of benzene rings is 2. The van der Waals surface area contributed by atoms with E-state index in [1.54, 1.807) is 29.7 Å². The number of hydroxylamine groups is 1. The van der Waals surface area contributed by atoms with Gasteiger partial charge in [0.1, 0.15) is 11.5 Å². The molecule has 0 aliphatic carbocycles. The minimum absolute atomic E-state index is 0.245. The van der Waals surface area contributed by atoms with Crippen molar-refractivity contribution in [1.29, 1.82) is 0 Å². The van der Waals surface area contributed by atoms with Crippen LogP contribution in [0.5, 0.6) is 11.5 Å². The maximum atomic E-state index is 10.9. The summed E-state index contributed by atoms with van der Waals surface area (Å²) < 4.78 is 5.66. The van der Waals surface area contributed by atoms with Crippen LogP contribution in [-0.4, -0.2) is 11.1 Å². The summed E-state index contributed by atoms with van der Waals surface area (Å²) in [6, 6.07) is 14.6. The summed E-state index contributed by atoms with van der Waals surface area (Å²) in [5.41, 5.74) is 8.90. The van der Waals surface area contributed by atoms with Gasteiger partial charge in [-0.25, -0.2) is 5.48 Å². The van der Waals surface area contributed by atoms with Gasteiger partial charge in [-0.1, -0.05) is 12.1 Å². The summed E-state index contributed by atoms with van der Waals surface area (Å²) >= 11 is 0. The molecule has 0 saturated heterocycles. The van der Waals surface area contributed by atoms with Crippen molar-refractivity contribution in [3.05, 3.63) is 54.1 Å². The Hall–Kier alpha value is -2.53. The molecule has 2 aromatic rings. The Morgan fingerprint density at radius 3 is 2.15 bits per heavy atom. The lowest BCUT2D eigenvalue weighted by Gasteiger charge is -2.07. The van der Waals surface area contributed by atoms with Crippen LogP contribution >= 0.6 is 0 Å². The van der Waals surface area contributed by atoms with Crippen LogP contribution in [0.4, 0.5) is 5.69 Å². The molecule has 0 unspecified atom stereocenters. The van der Waals surface area contributed by atoms with E-state index in [9.17, 15) is 4.79 Å². The predicted molar refractivity (Wildman–Crippen MR) is 75.6 cm³/mol. The first-order valence-electron chi connectivity index (χ1n) is 6.22. The molecular weight excluding hydrogens is 256 g/mol. The lowest BCUT2D eigenvalue weighted by Crippen LogP contribution is -2.18. The van der Waals surface area contributed by atoms with Gasteiger partial charge < -0.3 is 10.5 Å². The number of aryl methyl sites for hydroxylation is 1. The number of amides is 1. The highest BCUT2D eigenvalue weighted by atomic mass is 16.5. The van der Waals surface area contributed by atoms with Crippen molar-refractivity contribution >= 4 is 11.6 Å². The van der Waals surface area contributed by atoms with Crippen molar-refractivity contribution < 1.29 is 14.7 Å². The van der Waals surface area contributed by atoms with Crippen molar-refractivity contribution in [3.8, 4) is 11.5 Å². The standard InChI is InChI=1S/C15H16N2O3/c16-12-4-8-14(9-5-12)20-13-6-1-11(2-7-13)3-10-15(18)17-19/h1-2,4-9,19H,3,10,16H2,(H,17,18). The molecule has 0 aliphatic heterocycles. The first kappa shape index (κ1) is 13.9. The van der Waals surface area contributed by atoms with E-state index in [1.807, 2.05) is 24.3 Å². The van der Waals surface area contributed by atoms with Crippen molar-refractivity contribution in [2.45, 2.75) is 12.8 Å². The molecule has 0 fully saturated rings. The van der Waals surface area contributed by atoms with E-state index in [0.717, 1.165) is 5.56 Å². The Morgan fingerprint density at radius 1 is 1.05 bits per heavy atom. The highest BCUT2D eigenvalue weighted by Gasteiger charge is 2.02. The Bertz CT molecular complexity index is 565. The fraction of sp³-hybridized carbons (Fsp3) is 0.133. The van der Waals surface area contributed by atoms with Crippen LogP contribution in [0, 0.1) is 0 Å². The van der Waals surface area contributed by atoms with Crippen LogP contribution in [0.1, 0.15) is 12.0 Å². The van der Waals surface area contributed by atoms with E-state index in [2.05, 4.69) is 0 Å². The van der Waals surface area contributed by atoms with E-state index >= 15 is 0 Å². The van der Waals surface area contributed by atoms with Crippen molar-refractivity contribution in [3.63, 3.8) is 0 Å². The number of rotatable bonds is 5. The summed E-state index contributed by atoms with van der Waals surface area (Å²) in [7, 11) is 0. The second-order valence-electron chi connectivity index (χ2n) is 4.35. The van der Waals surface area contributed by atoms with Gasteiger partial charge in [-0.05, 0) is 48.4 Å². The maximum Gasteiger partial charge on any atom is 0.243 e. The topological polar surface area (TPSA) is 84.6 Å². The summed E-state index contributed by atoms with van der Waals surface area (Å²) in [6.07, 6.45) is 0.809. The van der Waals surface area contributed by atoms with Crippen LogP contribution in [0.3, 0.4) is 0 Å². The van der Waals surface area contributed by atoms with Crippen LogP contribution in [0.25, 0.3) is 0 Å².